The molecule has 5 rings (SSSR count). The molecule has 1 atom stereocenters. The Kier molecular flexibility index (Phi) is 4.76. The maximum Gasteiger partial charge on any atom is 0.260 e. The number of nitrogens with zero attached hydrogens (tertiary/aromatic N) is 5. The molecule has 8 heteroatoms. The highest BCUT2D eigenvalue weighted by Gasteiger charge is 2.48. The van der Waals surface area contributed by atoms with Gasteiger partial charge in [-0.15, -0.1) is 0 Å². The summed E-state index contributed by atoms with van der Waals surface area (Å²) in [5.41, 5.74) is 2.81. The Balaban J connectivity index is 1.48. The summed E-state index contributed by atoms with van der Waals surface area (Å²) in [5, 5.41) is 0.825. The number of carbonyl (C=O) groups excluding carboxylic acids is 1. The Morgan fingerprint density at radius 3 is 2.42 bits per heavy atom. The van der Waals surface area contributed by atoms with Crippen molar-refractivity contribution in [3.05, 3.63) is 89.2 Å². The van der Waals surface area contributed by atoms with E-state index in [1.807, 2.05) is 42.0 Å². The van der Waals surface area contributed by atoms with Gasteiger partial charge in [0.2, 0.25) is 5.95 Å². The van der Waals surface area contributed by atoms with Crippen LogP contribution in [0.1, 0.15) is 12.5 Å². The molecule has 0 radical (unpaired) electrons. The summed E-state index contributed by atoms with van der Waals surface area (Å²) in [7, 11) is 0. The highest BCUT2D eigenvalue weighted by atomic mass is 35.5. The molecular weight excluding hydrogens is 433 g/mol. The van der Waals surface area contributed by atoms with Crippen molar-refractivity contribution in [1.82, 2.24) is 19.5 Å². The van der Waals surface area contributed by atoms with Crippen molar-refractivity contribution < 1.29 is 4.79 Å². The Morgan fingerprint density at radius 1 is 0.968 bits per heavy atom. The molecule has 0 spiro atoms. The van der Waals surface area contributed by atoms with Gasteiger partial charge < -0.3 is 4.57 Å². The topological polar surface area (TPSA) is 63.9 Å². The lowest BCUT2D eigenvalue weighted by atomic mass is 9.91. The van der Waals surface area contributed by atoms with Gasteiger partial charge in [-0.3, -0.25) is 4.79 Å². The van der Waals surface area contributed by atoms with Crippen LogP contribution in [0.5, 0.6) is 0 Å². The lowest BCUT2D eigenvalue weighted by Crippen LogP contribution is -2.40. The van der Waals surface area contributed by atoms with Crippen molar-refractivity contribution in [3.63, 3.8) is 0 Å². The molecule has 0 aliphatic carbocycles. The van der Waals surface area contributed by atoms with Crippen LogP contribution < -0.4 is 4.90 Å². The third-order valence-corrected chi connectivity index (χ3v) is 6.31. The Morgan fingerprint density at radius 2 is 1.71 bits per heavy atom. The number of halogens is 2. The molecule has 3 heterocycles. The van der Waals surface area contributed by atoms with Crippen LogP contribution in [0.2, 0.25) is 10.0 Å². The van der Waals surface area contributed by atoms with E-state index >= 15 is 0 Å². The van der Waals surface area contributed by atoms with E-state index in [0.717, 1.165) is 16.7 Å². The average Bonchev–Trinajstić information content (AvgIpc) is 3.34. The summed E-state index contributed by atoms with van der Waals surface area (Å²) >= 11 is 12.3. The summed E-state index contributed by atoms with van der Waals surface area (Å²) in [6, 6.07) is 13.2. The van der Waals surface area contributed by atoms with Gasteiger partial charge in [-0.05, 0) is 36.2 Å². The van der Waals surface area contributed by atoms with Gasteiger partial charge in [-0.25, -0.2) is 19.9 Å². The van der Waals surface area contributed by atoms with Crippen molar-refractivity contribution >= 4 is 40.7 Å². The maximum atomic E-state index is 13.6. The molecule has 6 nitrogen and oxygen atoms in total. The number of imidazole rings is 1. The van der Waals surface area contributed by atoms with Crippen molar-refractivity contribution in [2.24, 2.45) is 0 Å². The summed E-state index contributed by atoms with van der Waals surface area (Å²) in [4.78, 5) is 27.8. The van der Waals surface area contributed by atoms with Gasteiger partial charge in [0, 0.05) is 36.8 Å². The molecule has 1 amide bonds. The second kappa shape index (κ2) is 7.48. The first kappa shape index (κ1) is 19.7. The molecule has 1 aliphatic rings. The quantitative estimate of drug-likeness (QED) is 0.424. The van der Waals surface area contributed by atoms with E-state index in [1.54, 1.807) is 41.7 Å². The summed E-state index contributed by atoms with van der Waals surface area (Å²) < 4.78 is 1.91. The monoisotopic (exact) mass is 449 g/mol. The lowest BCUT2D eigenvalue weighted by molar-refractivity contribution is -0.123. The SMILES string of the molecule is C[C@@]1(Cc2ccc(-c3cncnc3)cc2)C(=O)N(c2ccc(Cl)c(Cl)c2)c2nccn21. The first-order valence-corrected chi connectivity index (χ1v) is 10.4. The number of carbonyl (C=O) groups is 1. The van der Waals surface area contributed by atoms with Crippen LogP contribution in [0.25, 0.3) is 11.1 Å². The van der Waals surface area contributed by atoms with Crippen LogP contribution in [-0.2, 0) is 16.8 Å². The molecule has 4 aromatic rings. The van der Waals surface area contributed by atoms with E-state index < -0.39 is 5.54 Å². The summed E-state index contributed by atoms with van der Waals surface area (Å²) in [5.74, 6) is 0.485. The summed E-state index contributed by atoms with van der Waals surface area (Å²) in [6.45, 7) is 1.93. The fourth-order valence-corrected chi connectivity index (χ4v) is 4.25. The van der Waals surface area contributed by atoms with Crippen LogP contribution in [0.3, 0.4) is 0 Å². The van der Waals surface area contributed by atoms with E-state index in [0.29, 0.717) is 28.1 Å². The third-order valence-electron chi connectivity index (χ3n) is 5.57. The molecular formula is C23H17Cl2N5O. The van der Waals surface area contributed by atoms with Gasteiger partial charge in [0.05, 0.1) is 15.7 Å². The standard InChI is InChI=1S/C23H17Cl2N5O/c1-23(11-15-2-4-16(5-3-15)17-12-26-14-27-13-17)21(31)30(22-28-8-9-29(22)23)18-6-7-19(24)20(25)10-18/h2-10,12-14H,11H2,1H3/t23-/m1/s1. The predicted octanol–water partition coefficient (Wildman–Crippen LogP) is 5.28. The zero-order chi connectivity index (χ0) is 21.6. The first-order chi connectivity index (χ1) is 15.0. The number of hydrogen-bond acceptors (Lipinski definition) is 4. The van der Waals surface area contributed by atoms with Crippen molar-refractivity contribution in [2.75, 3.05) is 4.90 Å². The maximum absolute atomic E-state index is 13.6. The van der Waals surface area contributed by atoms with Gasteiger partial charge in [0.25, 0.3) is 5.91 Å². The number of aromatic nitrogens is 4. The average molecular weight is 450 g/mol. The number of benzene rings is 2. The number of anilines is 2. The van der Waals surface area contributed by atoms with E-state index in [4.69, 9.17) is 23.2 Å². The van der Waals surface area contributed by atoms with Crippen LogP contribution in [0.15, 0.2) is 73.6 Å². The normalized spacial score (nSPS) is 17.8. The second-order valence-corrected chi connectivity index (χ2v) is 8.43. The highest BCUT2D eigenvalue weighted by molar-refractivity contribution is 6.42. The molecule has 0 bridgehead atoms. The zero-order valence-electron chi connectivity index (χ0n) is 16.5. The smallest absolute Gasteiger partial charge is 0.260 e. The van der Waals surface area contributed by atoms with Gasteiger partial charge >= 0.3 is 0 Å². The molecule has 0 fully saturated rings. The molecule has 0 N–H and O–H groups in total. The molecule has 0 saturated carbocycles. The molecule has 31 heavy (non-hydrogen) atoms. The van der Waals surface area contributed by atoms with Crippen LogP contribution in [0, 0.1) is 0 Å². The zero-order valence-corrected chi connectivity index (χ0v) is 18.0. The van der Waals surface area contributed by atoms with Gasteiger partial charge in [-0.2, -0.15) is 0 Å². The minimum Gasteiger partial charge on any atom is -0.301 e. The van der Waals surface area contributed by atoms with E-state index in [9.17, 15) is 4.79 Å². The van der Waals surface area contributed by atoms with E-state index in [1.165, 1.54) is 6.33 Å². The fraction of sp³-hybridized carbons (Fsp3) is 0.130. The van der Waals surface area contributed by atoms with Gasteiger partial charge in [0.1, 0.15) is 11.9 Å². The minimum absolute atomic E-state index is 0.0745. The van der Waals surface area contributed by atoms with E-state index in [-0.39, 0.29) is 5.91 Å². The Bertz CT molecular complexity index is 1270. The minimum atomic E-state index is -0.824. The summed E-state index contributed by atoms with van der Waals surface area (Å²) in [6.07, 6.45) is 9.10. The van der Waals surface area contributed by atoms with E-state index in [2.05, 4.69) is 15.0 Å². The lowest BCUT2D eigenvalue weighted by Gasteiger charge is -2.25. The highest BCUT2D eigenvalue weighted by Crippen LogP contribution is 2.42. The third kappa shape index (κ3) is 3.28. The Labute approximate surface area is 189 Å². The van der Waals surface area contributed by atoms with Crippen molar-refractivity contribution in [2.45, 2.75) is 18.9 Å². The molecule has 1 aliphatic heterocycles. The van der Waals surface area contributed by atoms with Gasteiger partial charge in [0.15, 0.2) is 0 Å². The largest absolute Gasteiger partial charge is 0.301 e. The number of rotatable bonds is 4. The molecule has 154 valence electrons. The predicted molar refractivity (Wildman–Crippen MR) is 121 cm³/mol. The molecule has 0 saturated heterocycles. The first-order valence-electron chi connectivity index (χ1n) is 9.65. The van der Waals surface area contributed by atoms with Crippen LogP contribution >= 0.6 is 23.2 Å². The van der Waals surface area contributed by atoms with Gasteiger partial charge in [-0.1, -0.05) is 47.5 Å². The van der Waals surface area contributed by atoms with Crippen molar-refractivity contribution in [1.29, 1.82) is 0 Å². The molecule has 2 aromatic heterocycles. The number of fused-ring (bicyclic) bond motifs is 1. The van der Waals surface area contributed by atoms with Crippen molar-refractivity contribution in [3.8, 4) is 11.1 Å². The fourth-order valence-electron chi connectivity index (χ4n) is 3.96. The van der Waals surface area contributed by atoms with Crippen LogP contribution in [0.4, 0.5) is 11.6 Å². The Hall–Kier alpha value is -3.22. The molecule has 2 aromatic carbocycles. The number of hydrogen-bond donors (Lipinski definition) is 0. The van der Waals surface area contributed by atoms with Crippen LogP contribution in [-0.4, -0.2) is 25.4 Å². The molecule has 0 unspecified atom stereocenters. The second-order valence-electron chi connectivity index (χ2n) is 7.61. The number of amides is 1.